The molecule has 1 aliphatic carbocycles. The van der Waals surface area contributed by atoms with Gasteiger partial charge in [-0.3, -0.25) is 0 Å². The fraction of sp³-hybridized carbons (Fsp3) is 0.474. The lowest BCUT2D eigenvalue weighted by Gasteiger charge is -2.24. The maximum absolute atomic E-state index is 10.1. The number of aliphatic hydroxyl groups excluding tert-OH is 1. The van der Waals surface area contributed by atoms with Gasteiger partial charge in [0.2, 0.25) is 0 Å². The minimum atomic E-state index is -0.471. The van der Waals surface area contributed by atoms with Crippen LogP contribution in [0.25, 0.3) is 10.8 Å². The second-order valence-corrected chi connectivity index (χ2v) is 6.19. The van der Waals surface area contributed by atoms with E-state index in [1.54, 1.807) is 0 Å². The van der Waals surface area contributed by atoms with Crippen LogP contribution in [-0.2, 0) is 0 Å². The zero-order chi connectivity index (χ0) is 15.2. The second-order valence-electron chi connectivity index (χ2n) is 6.19. The first-order valence-electron chi connectivity index (χ1n) is 8.35. The fourth-order valence-corrected chi connectivity index (χ4v) is 3.18. The molecule has 0 aliphatic heterocycles. The van der Waals surface area contributed by atoms with Gasteiger partial charge in [-0.2, -0.15) is 0 Å². The van der Waals surface area contributed by atoms with Gasteiger partial charge in [0.05, 0.1) is 0 Å². The third-order valence-electron chi connectivity index (χ3n) is 4.43. The van der Waals surface area contributed by atoms with E-state index in [0.717, 1.165) is 16.5 Å². The van der Waals surface area contributed by atoms with Crippen molar-refractivity contribution in [2.75, 3.05) is 13.2 Å². The van der Waals surface area contributed by atoms with Gasteiger partial charge in [-0.15, -0.1) is 0 Å². The number of nitrogens with one attached hydrogen (secondary N) is 1. The zero-order valence-electron chi connectivity index (χ0n) is 13.0. The average Bonchev–Trinajstić information content (AvgIpc) is 2.59. The Bertz CT molecular complexity index is 588. The number of hydrogen-bond donors (Lipinski definition) is 2. The summed E-state index contributed by atoms with van der Waals surface area (Å²) in [4.78, 5) is 0. The van der Waals surface area contributed by atoms with Crippen molar-refractivity contribution in [1.29, 1.82) is 0 Å². The minimum Gasteiger partial charge on any atom is -0.490 e. The molecule has 3 nitrogen and oxygen atoms in total. The Balaban J connectivity index is 1.50. The summed E-state index contributed by atoms with van der Waals surface area (Å²) in [5.74, 6) is 0.842. The van der Waals surface area contributed by atoms with Crippen molar-refractivity contribution in [2.45, 2.75) is 44.2 Å². The quantitative estimate of drug-likeness (QED) is 0.858. The Labute approximate surface area is 132 Å². The summed E-state index contributed by atoms with van der Waals surface area (Å²) in [7, 11) is 0. The van der Waals surface area contributed by atoms with Crippen molar-refractivity contribution in [3.8, 4) is 5.75 Å². The maximum Gasteiger partial charge on any atom is 0.127 e. The Hall–Kier alpha value is -1.58. The zero-order valence-corrected chi connectivity index (χ0v) is 13.0. The Morgan fingerprint density at radius 2 is 1.82 bits per heavy atom. The summed E-state index contributed by atoms with van der Waals surface area (Å²) < 4.78 is 5.83. The first-order valence-corrected chi connectivity index (χ1v) is 8.35. The largest absolute Gasteiger partial charge is 0.490 e. The lowest BCUT2D eigenvalue weighted by atomic mass is 9.95. The molecule has 0 unspecified atom stereocenters. The van der Waals surface area contributed by atoms with E-state index in [0.29, 0.717) is 19.2 Å². The van der Waals surface area contributed by atoms with Crippen LogP contribution in [0.15, 0.2) is 42.5 Å². The molecule has 0 heterocycles. The van der Waals surface area contributed by atoms with Crippen molar-refractivity contribution in [3.05, 3.63) is 42.5 Å². The monoisotopic (exact) mass is 299 g/mol. The predicted molar refractivity (Wildman–Crippen MR) is 90.3 cm³/mol. The van der Waals surface area contributed by atoms with Crippen molar-refractivity contribution in [3.63, 3.8) is 0 Å². The topological polar surface area (TPSA) is 41.5 Å². The van der Waals surface area contributed by atoms with Gasteiger partial charge in [0, 0.05) is 18.0 Å². The van der Waals surface area contributed by atoms with E-state index >= 15 is 0 Å². The number of hydrogen-bond acceptors (Lipinski definition) is 3. The van der Waals surface area contributed by atoms with E-state index in [4.69, 9.17) is 4.74 Å². The molecule has 22 heavy (non-hydrogen) atoms. The van der Waals surface area contributed by atoms with Crippen LogP contribution in [0.3, 0.4) is 0 Å². The van der Waals surface area contributed by atoms with Gasteiger partial charge in [0.25, 0.3) is 0 Å². The molecule has 0 spiro atoms. The highest BCUT2D eigenvalue weighted by atomic mass is 16.5. The number of ether oxygens (including phenoxy) is 1. The Morgan fingerprint density at radius 3 is 2.68 bits per heavy atom. The molecule has 2 N–H and O–H groups in total. The standard InChI is InChI=1S/C19H25NO2/c21-17(13-20-16-9-2-1-3-10-16)14-22-19-12-6-8-15-7-4-5-11-18(15)19/h4-8,11-12,16-17,20-21H,1-3,9-10,13-14H2/t17-/m1/s1. The Kier molecular flexibility index (Phi) is 5.30. The van der Waals surface area contributed by atoms with Crippen LogP contribution < -0.4 is 10.1 Å². The normalized spacial score (nSPS) is 17.5. The molecule has 0 aromatic heterocycles. The highest BCUT2D eigenvalue weighted by Gasteiger charge is 2.14. The molecule has 2 aromatic carbocycles. The molecule has 3 heteroatoms. The maximum atomic E-state index is 10.1. The fourth-order valence-electron chi connectivity index (χ4n) is 3.18. The summed E-state index contributed by atoms with van der Waals surface area (Å²) >= 11 is 0. The first-order chi connectivity index (χ1) is 10.8. The third kappa shape index (κ3) is 3.99. The molecule has 3 rings (SSSR count). The van der Waals surface area contributed by atoms with Gasteiger partial charge in [0.15, 0.2) is 0 Å². The summed E-state index contributed by atoms with van der Waals surface area (Å²) in [6.45, 7) is 0.934. The SMILES string of the molecule is O[C@H](CNC1CCCCC1)COc1cccc2ccccc12. The molecule has 1 aliphatic rings. The molecule has 0 amide bonds. The van der Waals surface area contributed by atoms with E-state index < -0.39 is 6.10 Å². The van der Waals surface area contributed by atoms with Gasteiger partial charge in [-0.1, -0.05) is 55.7 Å². The van der Waals surface area contributed by atoms with Crippen LogP contribution >= 0.6 is 0 Å². The number of aliphatic hydroxyl groups is 1. The van der Waals surface area contributed by atoms with Crippen LogP contribution in [0, 0.1) is 0 Å². The molecule has 0 bridgehead atoms. The summed E-state index contributed by atoms with van der Waals surface area (Å²) in [5.41, 5.74) is 0. The van der Waals surface area contributed by atoms with Crippen molar-refractivity contribution in [1.82, 2.24) is 5.32 Å². The second kappa shape index (κ2) is 7.61. The molecule has 118 valence electrons. The number of rotatable bonds is 6. The number of benzene rings is 2. The summed E-state index contributed by atoms with van der Waals surface area (Å²) in [6.07, 6.45) is 5.96. The molecule has 1 fully saturated rings. The van der Waals surface area contributed by atoms with Crippen molar-refractivity contribution < 1.29 is 9.84 Å². The first kappa shape index (κ1) is 15.3. The minimum absolute atomic E-state index is 0.327. The van der Waals surface area contributed by atoms with E-state index in [2.05, 4.69) is 23.5 Å². The van der Waals surface area contributed by atoms with E-state index in [9.17, 15) is 5.11 Å². The van der Waals surface area contributed by atoms with Gasteiger partial charge in [0.1, 0.15) is 18.5 Å². The average molecular weight is 299 g/mol. The lowest BCUT2D eigenvalue weighted by Crippen LogP contribution is -2.38. The van der Waals surface area contributed by atoms with Crippen molar-refractivity contribution >= 4 is 10.8 Å². The molecule has 0 radical (unpaired) electrons. The van der Waals surface area contributed by atoms with Gasteiger partial charge >= 0.3 is 0 Å². The van der Waals surface area contributed by atoms with E-state index in [-0.39, 0.29) is 0 Å². The molecule has 1 saturated carbocycles. The summed E-state index contributed by atoms with van der Waals surface area (Å²) in [6, 6.07) is 14.8. The van der Waals surface area contributed by atoms with Gasteiger partial charge in [-0.05, 0) is 24.3 Å². The molecular formula is C19H25NO2. The van der Waals surface area contributed by atoms with Crippen LogP contribution in [0.1, 0.15) is 32.1 Å². The molecule has 2 aromatic rings. The molecule has 1 atom stereocenters. The van der Waals surface area contributed by atoms with E-state index in [1.165, 1.54) is 32.1 Å². The van der Waals surface area contributed by atoms with Crippen LogP contribution in [0.4, 0.5) is 0 Å². The lowest BCUT2D eigenvalue weighted by molar-refractivity contribution is 0.102. The highest BCUT2D eigenvalue weighted by molar-refractivity contribution is 5.88. The predicted octanol–water partition coefficient (Wildman–Crippen LogP) is 3.50. The van der Waals surface area contributed by atoms with Crippen molar-refractivity contribution in [2.24, 2.45) is 0 Å². The van der Waals surface area contributed by atoms with Gasteiger partial charge in [-0.25, -0.2) is 0 Å². The van der Waals surface area contributed by atoms with Crippen LogP contribution in [-0.4, -0.2) is 30.4 Å². The summed E-state index contributed by atoms with van der Waals surface area (Å²) in [5, 5.41) is 15.8. The van der Waals surface area contributed by atoms with Crippen LogP contribution in [0.2, 0.25) is 0 Å². The smallest absolute Gasteiger partial charge is 0.127 e. The number of fused-ring (bicyclic) bond motifs is 1. The van der Waals surface area contributed by atoms with E-state index in [1.807, 2.05) is 24.3 Å². The molecular weight excluding hydrogens is 274 g/mol. The highest BCUT2D eigenvalue weighted by Crippen LogP contribution is 2.25. The Morgan fingerprint density at radius 1 is 1.05 bits per heavy atom. The van der Waals surface area contributed by atoms with Gasteiger partial charge < -0.3 is 15.2 Å². The van der Waals surface area contributed by atoms with Crippen LogP contribution in [0.5, 0.6) is 5.75 Å². The molecule has 0 saturated heterocycles. The third-order valence-corrected chi connectivity index (χ3v) is 4.43.